The largest absolute Gasteiger partial charge is 0.204 e. The molecule has 0 nitrogen and oxygen atoms in total. The molecule has 65 valence electrons. The van der Waals surface area contributed by atoms with Gasteiger partial charge in [-0.2, -0.15) is 0 Å². The van der Waals surface area contributed by atoms with E-state index in [2.05, 4.69) is 0 Å². The summed E-state index contributed by atoms with van der Waals surface area (Å²) in [5.41, 5.74) is 0.369. The minimum atomic E-state index is -1.41. The summed E-state index contributed by atoms with van der Waals surface area (Å²) in [6.07, 6.45) is 2.27. The Morgan fingerprint density at radius 1 is 1.17 bits per heavy atom. The Hall–Kier alpha value is -0.990. The van der Waals surface area contributed by atoms with Crippen molar-refractivity contribution in [3.05, 3.63) is 41.6 Å². The van der Waals surface area contributed by atoms with Crippen LogP contribution < -0.4 is 0 Å². The Morgan fingerprint density at radius 3 is 2.08 bits per heavy atom. The van der Waals surface area contributed by atoms with E-state index in [1.807, 2.05) is 6.92 Å². The second-order valence-electron chi connectivity index (χ2n) is 2.41. The molecule has 0 heterocycles. The van der Waals surface area contributed by atoms with Crippen LogP contribution in [0.3, 0.4) is 0 Å². The van der Waals surface area contributed by atoms with Crippen molar-refractivity contribution >= 4 is 0 Å². The average Bonchev–Trinajstić information content (AvgIpc) is 2.01. The second kappa shape index (κ2) is 3.61. The van der Waals surface area contributed by atoms with Gasteiger partial charge in [0.2, 0.25) is 0 Å². The van der Waals surface area contributed by atoms with Crippen molar-refractivity contribution < 1.29 is 13.2 Å². The lowest BCUT2D eigenvalue weighted by molar-refractivity contribution is 0.446. The number of hydrogen-bond donors (Lipinski definition) is 0. The molecule has 0 N–H and O–H groups in total. The molecule has 0 saturated heterocycles. The Kier molecular flexibility index (Phi) is 2.74. The Labute approximate surface area is 69.0 Å². The molecule has 1 aromatic carbocycles. The first-order chi connectivity index (χ1) is 5.65. The van der Waals surface area contributed by atoms with Crippen LogP contribution in [-0.2, 0) is 0 Å². The van der Waals surface area contributed by atoms with Crippen molar-refractivity contribution in [2.75, 3.05) is 0 Å². The molecule has 0 aliphatic rings. The first-order valence-electron chi connectivity index (χ1n) is 3.63. The first kappa shape index (κ1) is 9.10. The third kappa shape index (κ3) is 1.78. The van der Waals surface area contributed by atoms with Gasteiger partial charge in [-0.15, -0.1) is 0 Å². The molecule has 0 aromatic heterocycles. The SMILES string of the molecule is CC[CH]c1cc(F)c(F)c(F)c1. The van der Waals surface area contributed by atoms with Crippen LogP contribution in [0.4, 0.5) is 13.2 Å². The third-order valence-electron chi connectivity index (χ3n) is 1.45. The van der Waals surface area contributed by atoms with Crippen molar-refractivity contribution in [3.8, 4) is 0 Å². The van der Waals surface area contributed by atoms with Crippen LogP contribution in [0.15, 0.2) is 12.1 Å². The van der Waals surface area contributed by atoms with E-state index in [4.69, 9.17) is 0 Å². The van der Waals surface area contributed by atoms with Gasteiger partial charge in [-0.25, -0.2) is 13.2 Å². The highest BCUT2D eigenvalue weighted by molar-refractivity contribution is 5.25. The van der Waals surface area contributed by atoms with Crippen LogP contribution in [-0.4, -0.2) is 0 Å². The lowest BCUT2D eigenvalue weighted by Crippen LogP contribution is -1.93. The van der Waals surface area contributed by atoms with Gasteiger partial charge in [-0.3, -0.25) is 0 Å². The van der Waals surface area contributed by atoms with Gasteiger partial charge in [0.05, 0.1) is 0 Å². The maximum absolute atomic E-state index is 12.5. The highest BCUT2D eigenvalue weighted by Gasteiger charge is 2.09. The van der Waals surface area contributed by atoms with Crippen LogP contribution in [0.5, 0.6) is 0 Å². The zero-order chi connectivity index (χ0) is 9.14. The maximum atomic E-state index is 12.5. The fourth-order valence-corrected chi connectivity index (χ4v) is 0.929. The number of hydrogen-bond acceptors (Lipinski definition) is 0. The lowest BCUT2D eigenvalue weighted by atomic mass is 10.1. The van der Waals surface area contributed by atoms with E-state index in [1.54, 1.807) is 6.42 Å². The van der Waals surface area contributed by atoms with Gasteiger partial charge in [-0.05, 0) is 30.5 Å². The van der Waals surface area contributed by atoms with Crippen molar-refractivity contribution in [3.63, 3.8) is 0 Å². The molecule has 12 heavy (non-hydrogen) atoms. The quantitative estimate of drug-likeness (QED) is 0.603. The molecule has 0 unspecified atom stereocenters. The molecule has 1 radical (unpaired) electrons. The summed E-state index contributed by atoms with van der Waals surface area (Å²) in [4.78, 5) is 0. The summed E-state index contributed by atoms with van der Waals surface area (Å²) in [5, 5.41) is 0. The Balaban J connectivity index is 3.04. The van der Waals surface area contributed by atoms with Gasteiger partial charge in [0.15, 0.2) is 17.5 Å². The van der Waals surface area contributed by atoms with Gasteiger partial charge < -0.3 is 0 Å². The maximum Gasteiger partial charge on any atom is 0.194 e. The zero-order valence-electron chi connectivity index (χ0n) is 6.57. The Bertz CT molecular complexity index is 258. The van der Waals surface area contributed by atoms with Crippen LogP contribution in [0, 0.1) is 23.9 Å². The van der Waals surface area contributed by atoms with E-state index in [1.165, 1.54) is 0 Å². The highest BCUT2D eigenvalue weighted by Crippen LogP contribution is 2.15. The van der Waals surface area contributed by atoms with Crippen molar-refractivity contribution in [2.24, 2.45) is 0 Å². The Morgan fingerprint density at radius 2 is 1.67 bits per heavy atom. The molecular weight excluding hydrogens is 165 g/mol. The molecule has 0 bridgehead atoms. The van der Waals surface area contributed by atoms with E-state index < -0.39 is 17.5 Å². The van der Waals surface area contributed by atoms with Crippen molar-refractivity contribution in [1.29, 1.82) is 0 Å². The van der Waals surface area contributed by atoms with Crippen molar-refractivity contribution in [1.82, 2.24) is 0 Å². The molecule has 3 heteroatoms. The zero-order valence-corrected chi connectivity index (χ0v) is 6.57. The van der Waals surface area contributed by atoms with Crippen LogP contribution in [0.1, 0.15) is 18.9 Å². The summed E-state index contributed by atoms with van der Waals surface area (Å²) in [5.74, 6) is -3.70. The number of rotatable bonds is 2. The molecule has 0 aliphatic heterocycles. The fourth-order valence-electron chi connectivity index (χ4n) is 0.929. The summed E-state index contributed by atoms with van der Waals surface area (Å²) < 4.78 is 37.4. The average molecular weight is 173 g/mol. The van der Waals surface area contributed by atoms with E-state index in [0.717, 1.165) is 12.1 Å². The van der Waals surface area contributed by atoms with E-state index in [0.29, 0.717) is 12.0 Å². The summed E-state index contributed by atoms with van der Waals surface area (Å²) in [6.45, 7) is 1.83. The molecule has 0 spiro atoms. The minimum absolute atomic E-state index is 0.369. The molecular formula is C9H8F3. The van der Waals surface area contributed by atoms with Gasteiger partial charge in [-0.1, -0.05) is 6.92 Å². The van der Waals surface area contributed by atoms with Gasteiger partial charge in [0.25, 0.3) is 0 Å². The fraction of sp³-hybridized carbons (Fsp3) is 0.222. The lowest BCUT2D eigenvalue weighted by Gasteiger charge is -2.00. The monoisotopic (exact) mass is 173 g/mol. The van der Waals surface area contributed by atoms with Gasteiger partial charge in [0.1, 0.15) is 0 Å². The van der Waals surface area contributed by atoms with Crippen LogP contribution >= 0.6 is 0 Å². The summed E-state index contributed by atoms with van der Waals surface area (Å²) in [6, 6.07) is 1.95. The molecule has 1 rings (SSSR count). The predicted octanol–water partition coefficient (Wildman–Crippen LogP) is 3.07. The molecule has 0 fully saturated rings. The van der Waals surface area contributed by atoms with Crippen LogP contribution in [0.25, 0.3) is 0 Å². The highest BCUT2D eigenvalue weighted by atomic mass is 19.2. The summed E-state index contributed by atoms with van der Waals surface area (Å²) >= 11 is 0. The van der Waals surface area contributed by atoms with Gasteiger partial charge >= 0.3 is 0 Å². The standard InChI is InChI=1S/C9H8F3/c1-2-3-6-4-7(10)9(12)8(11)5-6/h3-5H,2H2,1H3. The summed E-state index contributed by atoms with van der Waals surface area (Å²) in [7, 11) is 0. The number of benzene rings is 1. The van der Waals surface area contributed by atoms with E-state index >= 15 is 0 Å². The molecule has 0 amide bonds. The molecule has 0 atom stereocenters. The normalized spacial score (nSPS) is 10.3. The molecule has 1 aromatic rings. The van der Waals surface area contributed by atoms with Crippen LogP contribution in [0.2, 0.25) is 0 Å². The topological polar surface area (TPSA) is 0 Å². The second-order valence-corrected chi connectivity index (χ2v) is 2.41. The molecule has 0 saturated carbocycles. The van der Waals surface area contributed by atoms with E-state index in [-0.39, 0.29) is 0 Å². The first-order valence-corrected chi connectivity index (χ1v) is 3.63. The predicted molar refractivity (Wildman–Crippen MR) is 40.0 cm³/mol. The molecule has 0 aliphatic carbocycles. The third-order valence-corrected chi connectivity index (χ3v) is 1.45. The van der Waals surface area contributed by atoms with E-state index in [9.17, 15) is 13.2 Å². The van der Waals surface area contributed by atoms with Crippen molar-refractivity contribution in [2.45, 2.75) is 13.3 Å². The smallest absolute Gasteiger partial charge is 0.194 e. The number of halogens is 3. The minimum Gasteiger partial charge on any atom is -0.204 e. The van der Waals surface area contributed by atoms with Gasteiger partial charge in [0, 0.05) is 0 Å².